The van der Waals surface area contributed by atoms with Crippen molar-refractivity contribution >= 4 is 23.0 Å². The summed E-state index contributed by atoms with van der Waals surface area (Å²) in [5.74, 6) is 0.348. The largest absolute Gasteiger partial charge is 0.321 e. The molecule has 3 aromatic heterocycles. The second-order valence-corrected chi connectivity index (χ2v) is 6.49. The molecule has 1 N–H and O–H groups in total. The number of nitrogens with one attached hydrogen (secondary N) is 1. The summed E-state index contributed by atoms with van der Waals surface area (Å²) >= 11 is 1.49. The lowest BCUT2D eigenvalue weighted by Crippen LogP contribution is -2.06. The molecule has 0 bridgehead atoms. The van der Waals surface area contributed by atoms with Crippen LogP contribution in [-0.2, 0) is 6.54 Å². The molecule has 4 rings (SSSR count). The van der Waals surface area contributed by atoms with Crippen LogP contribution in [0.15, 0.2) is 60.4 Å². The average Bonchev–Trinajstić information content (AvgIpc) is 3.32. The molecule has 136 valence electrons. The van der Waals surface area contributed by atoms with E-state index >= 15 is 0 Å². The van der Waals surface area contributed by atoms with Crippen LogP contribution in [-0.4, -0.2) is 31.2 Å². The molecule has 4 aromatic rings. The van der Waals surface area contributed by atoms with Crippen molar-refractivity contribution in [3.05, 3.63) is 60.4 Å². The molecular weight excluding hydrogens is 370 g/mol. The molecule has 3 heterocycles. The summed E-state index contributed by atoms with van der Waals surface area (Å²) < 4.78 is 26.0. The van der Waals surface area contributed by atoms with Gasteiger partial charge in [0.05, 0.1) is 17.6 Å². The maximum Gasteiger partial charge on any atom is 0.257 e. The molecule has 0 saturated carbocycles. The minimum absolute atomic E-state index is 0.348. The number of alkyl halides is 2. The van der Waals surface area contributed by atoms with Crippen molar-refractivity contribution in [2.45, 2.75) is 13.0 Å². The van der Waals surface area contributed by atoms with E-state index in [1.54, 1.807) is 12.3 Å². The molecule has 0 fully saturated rings. The van der Waals surface area contributed by atoms with Crippen molar-refractivity contribution in [1.29, 1.82) is 0 Å². The van der Waals surface area contributed by atoms with E-state index in [4.69, 9.17) is 0 Å². The molecule has 0 saturated heterocycles. The second kappa shape index (κ2) is 7.58. The van der Waals surface area contributed by atoms with E-state index < -0.39 is 13.0 Å². The van der Waals surface area contributed by atoms with Crippen LogP contribution < -0.4 is 5.32 Å². The number of hydrogen-bond acceptors (Lipinski definition) is 6. The first-order chi connectivity index (χ1) is 13.2. The number of thiazole rings is 1. The zero-order valence-corrected chi connectivity index (χ0v) is 14.8. The maximum absolute atomic E-state index is 12.4. The van der Waals surface area contributed by atoms with Crippen molar-refractivity contribution in [3.63, 3.8) is 0 Å². The summed E-state index contributed by atoms with van der Waals surface area (Å²) in [5.41, 5.74) is 3.15. The first-order valence-corrected chi connectivity index (χ1v) is 8.97. The summed E-state index contributed by atoms with van der Waals surface area (Å²) in [6, 6.07) is 11.7. The summed E-state index contributed by atoms with van der Waals surface area (Å²) in [6.45, 7) is -0.454. The summed E-state index contributed by atoms with van der Waals surface area (Å²) in [6.07, 6.45) is 2.10. The Hall–Kier alpha value is -3.20. The molecule has 0 spiro atoms. The molecule has 0 amide bonds. The Labute approximate surface area is 157 Å². The van der Waals surface area contributed by atoms with Gasteiger partial charge in [-0.15, -0.1) is 11.3 Å². The Morgan fingerprint density at radius 1 is 1.07 bits per heavy atom. The molecule has 1 aromatic carbocycles. The number of anilines is 2. The molecule has 9 heteroatoms. The standard InChI is InChI=1S/C18H14F2N6S/c19-16(20)10-26-9-13(8-22-26)23-18-21-7-6-14(25-18)17-24-15(11-27-17)12-4-2-1-3-5-12/h1-9,11,16H,10H2,(H,21,23,25). The molecule has 0 radical (unpaired) electrons. The Morgan fingerprint density at radius 3 is 2.74 bits per heavy atom. The topological polar surface area (TPSA) is 68.5 Å². The minimum atomic E-state index is -2.46. The highest BCUT2D eigenvalue weighted by molar-refractivity contribution is 7.13. The monoisotopic (exact) mass is 384 g/mol. The Balaban J connectivity index is 1.53. The second-order valence-electron chi connectivity index (χ2n) is 5.64. The van der Waals surface area contributed by atoms with Crippen molar-refractivity contribution in [3.8, 4) is 22.0 Å². The number of benzene rings is 1. The van der Waals surface area contributed by atoms with Crippen LogP contribution in [0.2, 0.25) is 0 Å². The molecule has 0 aliphatic heterocycles. The van der Waals surface area contributed by atoms with Crippen LogP contribution in [0.25, 0.3) is 22.0 Å². The van der Waals surface area contributed by atoms with Gasteiger partial charge >= 0.3 is 0 Å². The first kappa shape index (κ1) is 17.2. The Kier molecular flexibility index (Phi) is 4.84. The summed E-state index contributed by atoms with van der Waals surface area (Å²) in [5, 5.41) is 9.60. The van der Waals surface area contributed by atoms with Crippen LogP contribution >= 0.6 is 11.3 Å². The average molecular weight is 384 g/mol. The molecule has 0 unspecified atom stereocenters. The van der Waals surface area contributed by atoms with Gasteiger partial charge in [0.25, 0.3) is 6.43 Å². The third kappa shape index (κ3) is 4.14. The lowest BCUT2D eigenvalue weighted by Gasteiger charge is -2.03. The van der Waals surface area contributed by atoms with Gasteiger partial charge < -0.3 is 5.32 Å². The summed E-state index contributed by atoms with van der Waals surface area (Å²) in [7, 11) is 0. The van der Waals surface area contributed by atoms with Gasteiger partial charge in [-0.25, -0.2) is 23.7 Å². The minimum Gasteiger partial charge on any atom is -0.321 e. The smallest absolute Gasteiger partial charge is 0.257 e. The highest BCUT2D eigenvalue weighted by Gasteiger charge is 2.10. The van der Waals surface area contributed by atoms with Crippen molar-refractivity contribution in [2.75, 3.05) is 5.32 Å². The molecule has 6 nitrogen and oxygen atoms in total. The van der Waals surface area contributed by atoms with Crippen LogP contribution in [0.3, 0.4) is 0 Å². The van der Waals surface area contributed by atoms with Crippen molar-refractivity contribution in [2.24, 2.45) is 0 Å². The fourth-order valence-corrected chi connectivity index (χ4v) is 3.27. The highest BCUT2D eigenvalue weighted by Crippen LogP contribution is 2.28. The Bertz CT molecular complexity index is 1030. The SMILES string of the molecule is FC(F)Cn1cc(Nc2nccc(-c3nc(-c4ccccc4)cs3)n2)cn1. The number of aromatic nitrogens is 5. The zero-order chi connectivity index (χ0) is 18.6. The van der Waals surface area contributed by atoms with Gasteiger partial charge in [0.15, 0.2) is 0 Å². The predicted molar refractivity (Wildman–Crippen MR) is 100 cm³/mol. The van der Waals surface area contributed by atoms with Gasteiger partial charge in [-0.05, 0) is 6.07 Å². The molecule has 0 aliphatic carbocycles. The van der Waals surface area contributed by atoms with Crippen molar-refractivity contribution < 1.29 is 8.78 Å². The van der Waals surface area contributed by atoms with Crippen molar-refractivity contribution in [1.82, 2.24) is 24.7 Å². The van der Waals surface area contributed by atoms with Crippen LogP contribution in [0, 0.1) is 0 Å². The van der Waals surface area contributed by atoms with E-state index in [-0.39, 0.29) is 0 Å². The van der Waals surface area contributed by atoms with Crippen LogP contribution in [0.4, 0.5) is 20.4 Å². The molecule has 0 atom stereocenters. The number of nitrogens with zero attached hydrogens (tertiary/aromatic N) is 5. The fraction of sp³-hybridized carbons (Fsp3) is 0.111. The number of rotatable bonds is 6. The Morgan fingerprint density at radius 2 is 1.93 bits per heavy atom. The van der Waals surface area contributed by atoms with Gasteiger partial charge in [-0.3, -0.25) is 4.68 Å². The highest BCUT2D eigenvalue weighted by atomic mass is 32.1. The third-order valence-electron chi connectivity index (χ3n) is 3.66. The lowest BCUT2D eigenvalue weighted by molar-refractivity contribution is 0.122. The van der Waals surface area contributed by atoms with E-state index in [9.17, 15) is 8.78 Å². The molecule has 0 aliphatic rings. The van der Waals surface area contributed by atoms with Crippen LogP contribution in [0.5, 0.6) is 0 Å². The number of halogens is 2. The fourth-order valence-electron chi connectivity index (χ4n) is 2.47. The van der Waals surface area contributed by atoms with Gasteiger partial charge in [0.2, 0.25) is 5.95 Å². The summed E-state index contributed by atoms with van der Waals surface area (Å²) in [4.78, 5) is 13.3. The van der Waals surface area contributed by atoms with E-state index in [1.165, 1.54) is 28.4 Å². The van der Waals surface area contributed by atoms with E-state index in [0.29, 0.717) is 17.3 Å². The molecule has 27 heavy (non-hydrogen) atoms. The predicted octanol–water partition coefficient (Wildman–Crippen LogP) is 4.47. The van der Waals surface area contributed by atoms with Gasteiger partial charge in [0, 0.05) is 23.3 Å². The van der Waals surface area contributed by atoms with E-state index in [2.05, 4.69) is 25.4 Å². The van der Waals surface area contributed by atoms with E-state index in [0.717, 1.165) is 16.3 Å². The van der Waals surface area contributed by atoms with Gasteiger partial charge in [-0.2, -0.15) is 5.10 Å². The third-order valence-corrected chi connectivity index (χ3v) is 4.53. The quantitative estimate of drug-likeness (QED) is 0.531. The normalized spacial score (nSPS) is 11.1. The van der Waals surface area contributed by atoms with Gasteiger partial charge in [0.1, 0.15) is 17.2 Å². The van der Waals surface area contributed by atoms with E-state index in [1.807, 2.05) is 35.7 Å². The number of hydrogen-bond donors (Lipinski definition) is 1. The maximum atomic E-state index is 12.4. The first-order valence-electron chi connectivity index (χ1n) is 8.09. The zero-order valence-electron chi connectivity index (χ0n) is 14.0. The molecular formula is C18H14F2N6S. The van der Waals surface area contributed by atoms with Crippen LogP contribution in [0.1, 0.15) is 0 Å². The van der Waals surface area contributed by atoms with Gasteiger partial charge in [-0.1, -0.05) is 30.3 Å². The lowest BCUT2D eigenvalue weighted by atomic mass is 10.2.